The molecule has 0 atom stereocenters. The quantitative estimate of drug-likeness (QED) is 0.435. The fourth-order valence-electron chi connectivity index (χ4n) is 1.04. The maximum Gasteiger partial charge on any atom is 0.416 e. The Labute approximate surface area is 89.6 Å². The van der Waals surface area contributed by atoms with Crippen molar-refractivity contribution in [3.05, 3.63) is 29.3 Å². The summed E-state index contributed by atoms with van der Waals surface area (Å²) < 4.78 is 37.0. The van der Waals surface area contributed by atoms with E-state index in [1.807, 2.05) is 0 Å². The van der Waals surface area contributed by atoms with Gasteiger partial charge in [0.25, 0.3) is 0 Å². The van der Waals surface area contributed by atoms with E-state index in [0.717, 1.165) is 18.2 Å². The molecule has 0 unspecified atom stereocenters. The lowest BCUT2D eigenvalue weighted by atomic mass is 10.1. The minimum absolute atomic E-state index is 0.0255. The van der Waals surface area contributed by atoms with Gasteiger partial charge in [-0.05, 0) is 24.1 Å². The normalized spacial score (nSPS) is 9.94. The minimum Gasteiger partial charge on any atom is -0.323 e. The fourth-order valence-corrected chi connectivity index (χ4v) is 1.04. The van der Waals surface area contributed by atoms with Gasteiger partial charge in [0.15, 0.2) is 6.07 Å². The summed E-state index contributed by atoms with van der Waals surface area (Å²) in [6, 6.07) is 4.43. The van der Waals surface area contributed by atoms with Gasteiger partial charge in [-0.15, -0.1) is 0 Å². The zero-order valence-electron chi connectivity index (χ0n) is 7.89. The number of nitrogens with two attached hydrogens (primary N) is 1. The molecule has 0 saturated carbocycles. The van der Waals surface area contributed by atoms with Crippen LogP contribution in [0, 0.1) is 23.2 Å². The molecule has 0 aromatic heterocycles. The Morgan fingerprint density at radius 1 is 1.31 bits per heavy atom. The number of hydrazine groups is 1. The van der Waals surface area contributed by atoms with Crippen LogP contribution in [-0.4, -0.2) is 0 Å². The average molecular weight is 225 g/mol. The first-order chi connectivity index (χ1) is 7.49. The second kappa shape index (κ2) is 4.56. The van der Waals surface area contributed by atoms with Crippen molar-refractivity contribution in [1.82, 2.24) is 0 Å². The summed E-state index contributed by atoms with van der Waals surface area (Å²) in [7, 11) is 0. The molecule has 0 saturated heterocycles. The number of hydrogen-bond acceptors (Lipinski definition) is 3. The Bertz CT molecular complexity index is 489. The minimum atomic E-state index is -4.44. The Hall–Kier alpha value is -2.18. The SMILES string of the molecule is N#CC#Cc1ccc(C(F)(F)F)cc1NN. The zero-order chi connectivity index (χ0) is 12.2. The van der Waals surface area contributed by atoms with Crippen molar-refractivity contribution in [2.75, 3.05) is 5.43 Å². The first-order valence-electron chi connectivity index (χ1n) is 4.07. The van der Waals surface area contributed by atoms with E-state index in [9.17, 15) is 13.2 Å². The van der Waals surface area contributed by atoms with Crippen LogP contribution in [0.25, 0.3) is 0 Å². The first kappa shape index (κ1) is 11.9. The van der Waals surface area contributed by atoms with Gasteiger partial charge < -0.3 is 5.43 Å². The summed E-state index contributed by atoms with van der Waals surface area (Å²) in [6.45, 7) is 0. The second-order valence-corrected chi connectivity index (χ2v) is 2.76. The number of rotatable bonds is 1. The molecule has 6 heteroatoms. The summed E-state index contributed by atoms with van der Waals surface area (Å²) in [5.74, 6) is 9.51. The van der Waals surface area contributed by atoms with E-state index in [0.29, 0.717) is 0 Å². The van der Waals surface area contributed by atoms with Crippen molar-refractivity contribution in [1.29, 1.82) is 5.26 Å². The van der Waals surface area contributed by atoms with Crippen LogP contribution >= 0.6 is 0 Å². The summed E-state index contributed by atoms with van der Waals surface area (Å²) in [5, 5.41) is 8.22. The summed E-state index contributed by atoms with van der Waals surface area (Å²) in [6.07, 6.45) is -4.44. The molecule has 82 valence electrons. The van der Waals surface area contributed by atoms with Gasteiger partial charge in [-0.3, -0.25) is 5.84 Å². The topological polar surface area (TPSA) is 61.8 Å². The van der Waals surface area contributed by atoms with Crippen molar-refractivity contribution >= 4 is 5.69 Å². The van der Waals surface area contributed by atoms with Gasteiger partial charge in [0, 0.05) is 5.92 Å². The predicted molar refractivity (Wildman–Crippen MR) is 51.7 cm³/mol. The third-order valence-corrected chi connectivity index (χ3v) is 1.76. The lowest BCUT2D eigenvalue weighted by Crippen LogP contribution is -2.11. The monoisotopic (exact) mass is 225 g/mol. The largest absolute Gasteiger partial charge is 0.416 e. The fraction of sp³-hybridized carbons (Fsp3) is 0.100. The molecule has 0 radical (unpaired) electrons. The maximum absolute atomic E-state index is 12.3. The highest BCUT2D eigenvalue weighted by Crippen LogP contribution is 2.31. The maximum atomic E-state index is 12.3. The molecule has 0 fully saturated rings. The van der Waals surface area contributed by atoms with E-state index in [-0.39, 0.29) is 11.3 Å². The number of hydrogen-bond donors (Lipinski definition) is 2. The standard InChI is InChI=1S/C10H6F3N3/c11-10(12,13)8-4-3-7(2-1-5-14)9(6-8)16-15/h3-4,6,16H,15H2. The number of nitriles is 1. The second-order valence-electron chi connectivity index (χ2n) is 2.76. The van der Waals surface area contributed by atoms with Crippen molar-refractivity contribution < 1.29 is 13.2 Å². The molecule has 16 heavy (non-hydrogen) atoms. The summed E-state index contributed by atoms with van der Waals surface area (Å²) in [4.78, 5) is 0. The number of halogens is 3. The van der Waals surface area contributed by atoms with Crippen LogP contribution < -0.4 is 11.3 Å². The lowest BCUT2D eigenvalue weighted by Gasteiger charge is -2.09. The molecule has 3 nitrogen and oxygen atoms in total. The Kier molecular flexibility index (Phi) is 3.39. The van der Waals surface area contributed by atoms with E-state index in [1.54, 1.807) is 6.07 Å². The molecule has 0 aliphatic carbocycles. The predicted octanol–water partition coefficient (Wildman–Crippen LogP) is 1.87. The van der Waals surface area contributed by atoms with Crippen LogP contribution in [0.5, 0.6) is 0 Å². The molecule has 0 heterocycles. The molecule has 0 spiro atoms. The Balaban J connectivity index is 3.23. The number of alkyl halides is 3. The summed E-state index contributed by atoms with van der Waals surface area (Å²) in [5.41, 5.74) is 1.53. The van der Waals surface area contributed by atoms with E-state index >= 15 is 0 Å². The van der Waals surface area contributed by atoms with Gasteiger partial charge in [0.2, 0.25) is 0 Å². The molecule has 1 rings (SSSR count). The van der Waals surface area contributed by atoms with Crippen molar-refractivity contribution in [3.8, 4) is 17.9 Å². The molecule has 0 bridgehead atoms. The van der Waals surface area contributed by atoms with Crippen molar-refractivity contribution in [3.63, 3.8) is 0 Å². The smallest absolute Gasteiger partial charge is 0.323 e. The van der Waals surface area contributed by atoms with Crippen LogP contribution in [0.1, 0.15) is 11.1 Å². The molecule has 3 N–H and O–H groups in total. The van der Waals surface area contributed by atoms with E-state index in [4.69, 9.17) is 11.1 Å². The van der Waals surface area contributed by atoms with Crippen LogP contribution in [0.15, 0.2) is 18.2 Å². The molecular weight excluding hydrogens is 219 g/mol. The number of anilines is 1. The molecule has 1 aromatic carbocycles. The van der Waals surface area contributed by atoms with Crippen LogP contribution in [0.4, 0.5) is 18.9 Å². The van der Waals surface area contributed by atoms with Gasteiger partial charge in [-0.1, -0.05) is 0 Å². The average Bonchev–Trinajstić information content (AvgIpc) is 2.24. The molecule has 0 aliphatic heterocycles. The molecule has 0 aliphatic rings. The van der Waals surface area contributed by atoms with E-state index in [1.165, 1.54) is 0 Å². The first-order valence-corrected chi connectivity index (χ1v) is 4.07. The van der Waals surface area contributed by atoms with Crippen LogP contribution in [-0.2, 0) is 6.18 Å². The highest BCUT2D eigenvalue weighted by Gasteiger charge is 2.30. The van der Waals surface area contributed by atoms with Crippen LogP contribution in [0.3, 0.4) is 0 Å². The van der Waals surface area contributed by atoms with Crippen LogP contribution in [0.2, 0.25) is 0 Å². The molecular formula is C10H6F3N3. The van der Waals surface area contributed by atoms with Crippen molar-refractivity contribution in [2.24, 2.45) is 5.84 Å². The van der Waals surface area contributed by atoms with E-state index in [2.05, 4.69) is 17.3 Å². The number of nitrogens with one attached hydrogen (secondary N) is 1. The molecule has 1 aromatic rings. The number of nitrogen functional groups attached to an aromatic ring is 1. The summed E-state index contributed by atoms with van der Waals surface area (Å²) >= 11 is 0. The van der Waals surface area contributed by atoms with Gasteiger partial charge in [0.05, 0.1) is 16.8 Å². The van der Waals surface area contributed by atoms with Gasteiger partial charge in [-0.25, -0.2) is 0 Å². The van der Waals surface area contributed by atoms with Gasteiger partial charge in [0.1, 0.15) is 0 Å². The van der Waals surface area contributed by atoms with E-state index < -0.39 is 11.7 Å². The third kappa shape index (κ3) is 2.66. The number of benzene rings is 1. The van der Waals surface area contributed by atoms with Gasteiger partial charge >= 0.3 is 6.18 Å². The highest BCUT2D eigenvalue weighted by atomic mass is 19.4. The highest BCUT2D eigenvalue weighted by molar-refractivity contribution is 5.60. The zero-order valence-corrected chi connectivity index (χ0v) is 7.89. The number of nitrogens with zero attached hydrogens (tertiary/aromatic N) is 1. The third-order valence-electron chi connectivity index (χ3n) is 1.76. The lowest BCUT2D eigenvalue weighted by molar-refractivity contribution is -0.137. The van der Waals surface area contributed by atoms with Gasteiger partial charge in [-0.2, -0.15) is 18.4 Å². The van der Waals surface area contributed by atoms with Crippen molar-refractivity contribution in [2.45, 2.75) is 6.18 Å². The Morgan fingerprint density at radius 2 is 2.00 bits per heavy atom. The Morgan fingerprint density at radius 3 is 2.50 bits per heavy atom. The molecule has 0 amide bonds.